The van der Waals surface area contributed by atoms with Crippen molar-refractivity contribution in [1.29, 1.82) is 0 Å². The molecule has 0 saturated carbocycles. The van der Waals surface area contributed by atoms with E-state index in [1.165, 1.54) is 0 Å². The van der Waals surface area contributed by atoms with Crippen LogP contribution in [0.5, 0.6) is 0 Å². The normalized spacial score (nSPS) is 11.4. The van der Waals surface area contributed by atoms with Crippen molar-refractivity contribution in [3.05, 3.63) is 53.9 Å². The van der Waals surface area contributed by atoms with Gasteiger partial charge in [0.1, 0.15) is 0 Å². The molecule has 0 bridgehead atoms. The monoisotopic (exact) mass is 277 g/mol. The van der Waals surface area contributed by atoms with Crippen molar-refractivity contribution in [3.63, 3.8) is 0 Å². The van der Waals surface area contributed by atoms with Crippen LogP contribution in [0.1, 0.15) is 11.1 Å². The number of nitrogen functional groups attached to an aromatic ring is 1. The Kier molecular flexibility index (Phi) is 3.82. The second-order valence-electron chi connectivity index (χ2n) is 4.15. The molecule has 6 heteroatoms. The summed E-state index contributed by atoms with van der Waals surface area (Å²) >= 11 is 0. The first-order chi connectivity index (χ1) is 9.00. The van der Waals surface area contributed by atoms with Crippen LogP contribution in [0.3, 0.4) is 0 Å². The second-order valence-corrected chi connectivity index (χ2v) is 5.89. The Labute approximate surface area is 112 Å². The van der Waals surface area contributed by atoms with Gasteiger partial charge in [-0.25, -0.2) is 13.1 Å². The van der Waals surface area contributed by atoms with Crippen LogP contribution in [-0.2, 0) is 16.6 Å². The quantitative estimate of drug-likeness (QED) is 0.828. The standard InChI is InChI=1S/C13H15N3O2S/c1-10-12(14)3-2-4-13(10)19(17,18)16-9-11-5-7-15-8-6-11/h2-8,16H,9,14H2,1H3. The van der Waals surface area contributed by atoms with Crippen LogP contribution in [-0.4, -0.2) is 13.4 Å². The average molecular weight is 277 g/mol. The highest BCUT2D eigenvalue weighted by Gasteiger charge is 2.17. The minimum absolute atomic E-state index is 0.210. The number of hydrogen-bond donors (Lipinski definition) is 2. The summed E-state index contributed by atoms with van der Waals surface area (Å²) in [6.45, 7) is 1.91. The number of nitrogens with zero attached hydrogens (tertiary/aromatic N) is 1. The molecular formula is C13H15N3O2S. The van der Waals surface area contributed by atoms with Crippen molar-refractivity contribution in [2.45, 2.75) is 18.4 Å². The Balaban J connectivity index is 2.22. The summed E-state index contributed by atoms with van der Waals surface area (Å²) in [6, 6.07) is 8.37. The zero-order chi connectivity index (χ0) is 13.9. The smallest absolute Gasteiger partial charge is 0.241 e. The molecule has 0 radical (unpaired) electrons. The first-order valence-electron chi connectivity index (χ1n) is 5.74. The Morgan fingerprint density at radius 1 is 1.21 bits per heavy atom. The summed E-state index contributed by atoms with van der Waals surface area (Å²) in [5, 5.41) is 0. The van der Waals surface area contributed by atoms with Crippen LogP contribution >= 0.6 is 0 Å². The third kappa shape index (κ3) is 3.10. The lowest BCUT2D eigenvalue weighted by Gasteiger charge is -2.10. The van der Waals surface area contributed by atoms with Crippen LogP contribution in [0.25, 0.3) is 0 Å². The number of rotatable bonds is 4. The molecule has 1 aromatic carbocycles. The number of anilines is 1. The molecule has 0 aliphatic rings. The summed E-state index contributed by atoms with van der Waals surface area (Å²) in [5.74, 6) is 0. The SMILES string of the molecule is Cc1c(N)cccc1S(=O)(=O)NCc1ccncc1. The predicted octanol–water partition coefficient (Wildman–Crippen LogP) is 1.45. The lowest BCUT2D eigenvalue weighted by Crippen LogP contribution is -2.24. The summed E-state index contributed by atoms with van der Waals surface area (Å²) in [7, 11) is -3.56. The van der Waals surface area contributed by atoms with Crippen molar-refractivity contribution in [2.24, 2.45) is 0 Å². The van der Waals surface area contributed by atoms with E-state index in [0.717, 1.165) is 5.56 Å². The largest absolute Gasteiger partial charge is 0.398 e. The van der Waals surface area contributed by atoms with Crippen LogP contribution in [0.15, 0.2) is 47.6 Å². The van der Waals surface area contributed by atoms with Gasteiger partial charge < -0.3 is 5.73 Å². The van der Waals surface area contributed by atoms with E-state index in [1.54, 1.807) is 49.6 Å². The second kappa shape index (κ2) is 5.38. The van der Waals surface area contributed by atoms with Crippen LogP contribution < -0.4 is 10.5 Å². The lowest BCUT2D eigenvalue weighted by molar-refractivity contribution is 0.580. The highest BCUT2D eigenvalue weighted by atomic mass is 32.2. The predicted molar refractivity (Wildman–Crippen MR) is 73.9 cm³/mol. The third-order valence-electron chi connectivity index (χ3n) is 2.83. The molecule has 0 unspecified atom stereocenters. The van der Waals surface area contributed by atoms with Crippen molar-refractivity contribution >= 4 is 15.7 Å². The Morgan fingerprint density at radius 2 is 1.89 bits per heavy atom. The van der Waals surface area contributed by atoms with Gasteiger partial charge in [0.25, 0.3) is 0 Å². The zero-order valence-corrected chi connectivity index (χ0v) is 11.3. The molecule has 1 aromatic heterocycles. The number of sulfonamides is 1. The van der Waals surface area contributed by atoms with Gasteiger partial charge in [-0.05, 0) is 42.3 Å². The molecule has 100 valence electrons. The van der Waals surface area contributed by atoms with E-state index in [2.05, 4.69) is 9.71 Å². The van der Waals surface area contributed by atoms with E-state index >= 15 is 0 Å². The summed E-state index contributed by atoms with van der Waals surface area (Å²) in [5.41, 5.74) is 7.60. The van der Waals surface area contributed by atoms with E-state index in [0.29, 0.717) is 11.3 Å². The van der Waals surface area contributed by atoms with E-state index in [4.69, 9.17) is 5.73 Å². The highest BCUT2D eigenvalue weighted by molar-refractivity contribution is 7.89. The summed E-state index contributed by atoms with van der Waals surface area (Å²) in [6.07, 6.45) is 3.24. The van der Waals surface area contributed by atoms with Gasteiger partial charge in [-0.1, -0.05) is 6.07 Å². The van der Waals surface area contributed by atoms with Crippen molar-refractivity contribution in [1.82, 2.24) is 9.71 Å². The molecule has 0 saturated heterocycles. The van der Waals surface area contributed by atoms with E-state index in [-0.39, 0.29) is 11.4 Å². The van der Waals surface area contributed by atoms with E-state index < -0.39 is 10.0 Å². The maximum atomic E-state index is 12.2. The Morgan fingerprint density at radius 3 is 2.58 bits per heavy atom. The van der Waals surface area contributed by atoms with Gasteiger partial charge in [0.05, 0.1) is 4.90 Å². The van der Waals surface area contributed by atoms with Gasteiger partial charge in [-0.2, -0.15) is 0 Å². The molecule has 0 fully saturated rings. The van der Waals surface area contributed by atoms with Crippen molar-refractivity contribution in [2.75, 3.05) is 5.73 Å². The number of benzene rings is 1. The lowest BCUT2D eigenvalue weighted by atomic mass is 10.2. The minimum Gasteiger partial charge on any atom is -0.398 e. The minimum atomic E-state index is -3.56. The van der Waals surface area contributed by atoms with Crippen LogP contribution in [0.4, 0.5) is 5.69 Å². The molecule has 5 nitrogen and oxygen atoms in total. The maximum absolute atomic E-state index is 12.2. The molecule has 0 aliphatic heterocycles. The zero-order valence-electron chi connectivity index (χ0n) is 10.5. The van der Waals surface area contributed by atoms with Crippen molar-refractivity contribution in [3.8, 4) is 0 Å². The Hall–Kier alpha value is -1.92. The Bertz CT molecular complexity index is 670. The highest BCUT2D eigenvalue weighted by Crippen LogP contribution is 2.20. The molecular weight excluding hydrogens is 262 g/mol. The first kappa shape index (κ1) is 13.5. The third-order valence-corrected chi connectivity index (χ3v) is 4.38. The molecule has 0 spiro atoms. The molecule has 3 N–H and O–H groups in total. The summed E-state index contributed by atoms with van der Waals surface area (Å²) < 4.78 is 26.9. The molecule has 2 aromatic rings. The maximum Gasteiger partial charge on any atom is 0.241 e. The van der Waals surface area contributed by atoms with Gasteiger partial charge in [-0.3, -0.25) is 4.98 Å². The molecule has 19 heavy (non-hydrogen) atoms. The number of aromatic nitrogens is 1. The summed E-state index contributed by atoms with van der Waals surface area (Å²) in [4.78, 5) is 4.09. The first-order valence-corrected chi connectivity index (χ1v) is 7.22. The van der Waals surface area contributed by atoms with Crippen molar-refractivity contribution < 1.29 is 8.42 Å². The number of pyridine rings is 1. The molecule has 1 heterocycles. The number of nitrogens with one attached hydrogen (secondary N) is 1. The fourth-order valence-corrected chi connectivity index (χ4v) is 2.97. The topological polar surface area (TPSA) is 85.1 Å². The fourth-order valence-electron chi connectivity index (χ4n) is 1.68. The van der Waals surface area contributed by atoms with Gasteiger partial charge in [0, 0.05) is 24.6 Å². The number of hydrogen-bond acceptors (Lipinski definition) is 4. The van der Waals surface area contributed by atoms with Gasteiger partial charge >= 0.3 is 0 Å². The molecule has 0 amide bonds. The van der Waals surface area contributed by atoms with Crippen LogP contribution in [0, 0.1) is 6.92 Å². The fraction of sp³-hybridized carbons (Fsp3) is 0.154. The average Bonchev–Trinajstić information content (AvgIpc) is 2.41. The number of nitrogens with two attached hydrogens (primary N) is 1. The van der Waals surface area contributed by atoms with E-state index in [1.807, 2.05) is 0 Å². The molecule has 0 aliphatic carbocycles. The van der Waals surface area contributed by atoms with E-state index in [9.17, 15) is 8.42 Å². The van der Waals surface area contributed by atoms with Gasteiger partial charge in [0.15, 0.2) is 0 Å². The molecule has 2 rings (SSSR count). The van der Waals surface area contributed by atoms with Gasteiger partial charge in [0.2, 0.25) is 10.0 Å². The molecule has 0 atom stereocenters. The van der Waals surface area contributed by atoms with Gasteiger partial charge in [-0.15, -0.1) is 0 Å². The van der Waals surface area contributed by atoms with Crippen LogP contribution in [0.2, 0.25) is 0 Å².